The highest BCUT2D eigenvalue weighted by Gasteiger charge is 2.46. The summed E-state index contributed by atoms with van der Waals surface area (Å²) >= 11 is 5.74. The Labute approximate surface area is 260 Å². The first-order valence-electron chi connectivity index (χ1n) is 13.5. The molecule has 3 amide bonds. The fourth-order valence-electron chi connectivity index (χ4n) is 4.62. The summed E-state index contributed by atoms with van der Waals surface area (Å²) in [6.07, 6.45) is -5.22. The van der Waals surface area contributed by atoms with Crippen LogP contribution in [0.15, 0.2) is 83.4 Å². The molecule has 1 atom stereocenters. The van der Waals surface area contributed by atoms with E-state index in [9.17, 15) is 27.6 Å². The van der Waals surface area contributed by atoms with Crippen molar-refractivity contribution in [1.82, 2.24) is 10.2 Å². The van der Waals surface area contributed by atoms with Crippen molar-refractivity contribution in [1.29, 1.82) is 0 Å². The molecule has 232 valence electrons. The zero-order valence-electron chi connectivity index (χ0n) is 23.9. The Balaban J connectivity index is 1.39. The van der Waals surface area contributed by atoms with E-state index in [2.05, 4.69) is 20.6 Å². The zero-order chi connectivity index (χ0) is 32.3. The summed E-state index contributed by atoms with van der Waals surface area (Å²) in [4.78, 5) is 42.7. The van der Waals surface area contributed by atoms with Crippen LogP contribution in [-0.2, 0) is 23.2 Å². The van der Waals surface area contributed by atoms with E-state index in [1.807, 2.05) is 19.1 Å². The Kier molecular flexibility index (Phi) is 8.81. The van der Waals surface area contributed by atoms with E-state index in [1.165, 1.54) is 26.6 Å². The first-order valence-corrected chi connectivity index (χ1v) is 13.9. The number of nitrogens with zero attached hydrogens (tertiary/aromatic N) is 4. The lowest BCUT2D eigenvalue weighted by atomic mass is 10.1. The van der Waals surface area contributed by atoms with Gasteiger partial charge in [-0.1, -0.05) is 35.9 Å². The summed E-state index contributed by atoms with van der Waals surface area (Å²) in [5.41, 5.74) is 2.40. The van der Waals surface area contributed by atoms with Crippen LogP contribution >= 0.6 is 12.2 Å². The van der Waals surface area contributed by atoms with Gasteiger partial charge in [0.05, 0.1) is 12.1 Å². The van der Waals surface area contributed by atoms with Crippen molar-refractivity contribution in [3.8, 4) is 5.75 Å². The smallest absolute Gasteiger partial charge is 0.406 e. The largest absolute Gasteiger partial charge is 0.573 e. The Hall–Kier alpha value is -5.31. The van der Waals surface area contributed by atoms with Crippen LogP contribution in [0.25, 0.3) is 0 Å². The normalized spacial score (nSPS) is 14.9. The van der Waals surface area contributed by atoms with Crippen LogP contribution in [0.2, 0.25) is 0 Å². The Bertz CT molecular complexity index is 1730. The number of aryl methyl sites for hydroxylation is 2. The minimum atomic E-state index is -4.86. The molecule has 1 unspecified atom stereocenters. The zero-order valence-corrected chi connectivity index (χ0v) is 24.7. The number of carbonyl (C=O) groups is 3. The number of hydrogen-bond donors (Lipinski definition) is 2. The molecule has 11 nitrogen and oxygen atoms in total. The SMILES string of the molecule is Cc1ccc(N2C(=O)C(CC(=O)Nc3ccc(OC(F)(F)F)cc3)N(Cc3c(NC(=O)c4ccccc4)on[n+]3C)C2=S)cc1. The fourth-order valence-corrected chi connectivity index (χ4v) is 5.01. The van der Waals surface area contributed by atoms with Crippen LogP contribution in [-0.4, -0.2) is 45.4 Å². The molecule has 0 radical (unpaired) electrons. The average Bonchev–Trinajstić information content (AvgIpc) is 3.45. The number of halogens is 3. The number of aromatic nitrogens is 2. The lowest BCUT2D eigenvalue weighted by Crippen LogP contribution is -2.43. The number of benzene rings is 3. The molecule has 45 heavy (non-hydrogen) atoms. The molecular formula is C30H26F3N6O5S+. The van der Waals surface area contributed by atoms with Gasteiger partial charge >= 0.3 is 12.2 Å². The molecule has 15 heteroatoms. The van der Waals surface area contributed by atoms with E-state index in [0.717, 1.165) is 17.7 Å². The molecule has 1 saturated heterocycles. The first-order chi connectivity index (χ1) is 21.4. The summed E-state index contributed by atoms with van der Waals surface area (Å²) in [5, 5.41) is 9.29. The molecule has 1 aliphatic heterocycles. The van der Waals surface area contributed by atoms with Crippen LogP contribution in [0.1, 0.15) is 28.0 Å². The van der Waals surface area contributed by atoms with Gasteiger partial charge in [0, 0.05) is 11.3 Å². The van der Waals surface area contributed by atoms with E-state index < -0.39 is 35.9 Å². The van der Waals surface area contributed by atoms with Crippen molar-refractivity contribution >= 4 is 52.3 Å². The van der Waals surface area contributed by atoms with E-state index in [1.54, 1.807) is 49.5 Å². The number of ether oxygens (including phenoxy) is 1. The molecular weight excluding hydrogens is 613 g/mol. The highest BCUT2D eigenvalue weighted by molar-refractivity contribution is 7.80. The second-order valence-electron chi connectivity index (χ2n) is 10.1. The Morgan fingerprint density at radius 3 is 2.33 bits per heavy atom. The Morgan fingerprint density at radius 2 is 1.69 bits per heavy atom. The molecule has 0 aliphatic carbocycles. The molecule has 1 aromatic heterocycles. The topological polar surface area (TPSA) is 121 Å². The predicted octanol–water partition coefficient (Wildman–Crippen LogP) is 4.49. The molecule has 2 heterocycles. The van der Waals surface area contributed by atoms with E-state index in [4.69, 9.17) is 16.7 Å². The molecule has 1 fully saturated rings. The molecule has 1 aliphatic rings. The highest BCUT2D eigenvalue weighted by Crippen LogP contribution is 2.30. The van der Waals surface area contributed by atoms with Gasteiger partial charge in [0.2, 0.25) is 11.2 Å². The average molecular weight is 640 g/mol. The van der Waals surface area contributed by atoms with E-state index in [-0.39, 0.29) is 29.6 Å². The van der Waals surface area contributed by atoms with Crippen molar-refractivity contribution in [2.45, 2.75) is 32.3 Å². The maximum atomic E-state index is 13.8. The lowest BCUT2D eigenvalue weighted by Gasteiger charge is -2.22. The standard InChI is InChI=1S/C30H25F3N6O5S/c1-18-8-12-21(13-9-18)39-28(42)23(16-25(40)34-20-10-14-22(15-11-20)43-30(31,32)33)38(29(39)45)17-24-27(44-36-37(24)2)35-26(41)19-6-4-3-5-7-19/h3-15,23H,16-17H2,1-2H3,(H-,34,35,36,40,41)/p+1. The fraction of sp³-hybridized carbons (Fsp3) is 0.200. The third-order valence-electron chi connectivity index (χ3n) is 6.85. The van der Waals surface area contributed by atoms with Crippen LogP contribution in [0.4, 0.5) is 30.4 Å². The number of anilines is 3. The number of rotatable bonds is 9. The second-order valence-corrected chi connectivity index (χ2v) is 10.4. The highest BCUT2D eigenvalue weighted by atomic mass is 32.1. The van der Waals surface area contributed by atoms with E-state index >= 15 is 0 Å². The quantitative estimate of drug-likeness (QED) is 0.203. The van der Waals surface area contributed by atoms with Crippen LogP contribution in [0.3, 0.4) is 0 Å². The van der Waals surface area contributed by atoms with Crippen LogP contribution < -0.4 is 25.0 Å². The monoisotopic (exact) mass is 639 g/mol. The van der Waals surface area contributed by atoms with Crippen LogP contribution in [0.5, 0.6) is 5.75 Å². The summed E-state index contributed by atoms with van der Waals surface area (Å²) in [5.74, 6) is -1.93. The van der Waals surface area contributed by atoms with Crippen molar-refractivity contribution in [2.75, 3.05) is 15.5 Å². The molecule has 0 saturated carbocycles. The van der Waals surface area contributed by atoms with Gasteiger partial charge in [-0.15, -0.1) is 13.2 Å². The van der Waals surface area contributed by atoms with Gasteiger partial charge in [-0.05, 0) is 72.4 Å². The van der Waals surface area contributed by atoms with Crippen LogP contribution in [0, 0.1) is 6.92 Å². The van der Waals surface area contributed by atoms with Crippen molar-refractivity contribution < 1.29 is 41.5 Å². The number of hydrogen-bond acceptors (Lipinski definition) is 7. The minimum absolute atomic E-state index is 0.0276. The minimum Gasteiger partial charge on any atom is -0.406 e. The maximum Gasteiger partial charge on any atom is 0.573 e. The van der Waals surface area contributed by atoms with Gasteiger partial charge in [0.15, 0.2) is 12.2 Å². The second kappa shape index (κ2) is 12.7. The lowest BCUT2D eigenvalue weighted by molar-refractivity contribution is -0.746. The van der Waals surface area contributed by atoms with Crippen molar-refractivity contribution in [3.63, 3.8) is 0 Å². The molecule has 3 aromatic carbocycles. The number of thiocarbonyl (C=S) groups is 1. The van der Waals surface area contributed by atoms with Crippen molar-refractivity contribution in [2.24, 2.45) is 7.05 Å². The molecule has 5 rings (SSSR count). The van der Waals surface area contributed by atoms with E-state index in [0.29, 0.717) is 16.9 Å². The summed E-state index contributed by atoms with van der Waals surface area (Å²) in [7, 11) is 1.59. The molecule has 0 bridgehead atoms. The van der Waals surface area contributed by atoms with Gasteiger partial charge in [-0.2, -0.15) is 0 Å². The number of carbonyl (C=O) groups excluding carboxylic acids is 3. The first kappa shape index (κ1) is 31.1. The van der Waals surface area contributed by atoms with Gasteiger partial charge in [-0.25, -0.2) is 0 Å². The molecule has 4 aromatic rings. The maximum absolute atomic E-state index is 13.8. The summed E-state index contributed by atoms with van der Waals surface area (Å²) in [6.45, 7) is 1.82. The predicted molar refractivity (Wildman–Crippen MR) is 159 cm³/mol. The third-order valence-corrected chi connectivity index (χ3v) is 7.27. The molecule has 2 N–H and O–H groups in total. The summed E-state index contributed by atoms with van der Waals surface area (Å²) < 4.78 is 48.1. The van der Waals surface area contributed by atoms with Gasteiger partial charge in [-0.3, -0.25) is 29.1 Å². The number of nitrogens with one attached hydrogen (secondary N) is 2. The number of alkyl halides is 3. The van der Waals surface area contributed by atoms with Gasteiger partial charge < -0.3 is 15.0 Å². The molecule has 0 spiro atoms. The van der Waals surface area contributed by atoms with Gasteiger partial charge in [0.25, 0.3) is 17.5 Å². The summed E-state index contributed by atoms with van der Waals surface area (Å²) in [6, 6.07) is 19.1. The third kappa shape index (κ3) is 7.26. The van der Waals surface area contributed by atoms with Gasteiger partial charge in [0.1, 0.15) is 18.3 Å². The number of amides is 3. The van der Waals surface area contributed by atoms with Crippen molar-refractivity contribution in [3.05, 3.63) is 95.7 Å². The Morgan fingerprint density at radius 1 is 1.02 bits per heavy atom.